The number of nitrogens with zero attached hydrogens (tertiary/aromatic N) is 3. The first-order valence-corrected chi connectivity index (χ1v) is 15.7. The predicted molar refractivity (Wildman–Crippen MR) is 156 cm³/mol. The molecule has 1 aliphatic rings. The Bertz CT molecular complexity index is 1480. The van der Waals surface area contributed by atoms with E-state index in [0.29, 0.717) is 41.4 Å². The van der Waals surface area contributed by atoms with Crippen molar-refractivity contribution in [2.24, 2.45) is 0 Å². The fourth-order valence-corrected chi connectivity index (χ4v) is 6.18. The van der Waals surface area contributed by atoms with Crippen molar-refractivity contribution in [3.05, 3.63) is 81.1 Å². The molecule has 4 rings (SSSR count). The largest absolute Gasteiger partial charge is 0.497 e. The maximum atomic E-state index is 14.1. The third kappa shape index (κ3) is 7.11. The van der Waals surface area contributed by atoms with Crippen LogP contribution in [0.3, 0.4) is 0 Å². The lowest BCUT2D eigenvalue weighted by Gasteiger charge is -2.27. The summed E-state index contributed by atoms with van der Waals surface area (Å²) in [6.07, 6.45) is 3.24. The number of ether oxygens (including phenoxy) is 1. The molecular weight excluding hydrogens is 567 g/mol. The molecular formula is C29H35FN4O5S2. The third-order valence-electron chi connectivity index (χ3n) is 7.20. The van der Waals surface area contributed by atoms with Gasteiger partial charge in [-0.05, 0) is 67.5 Å². The van der Waals surface area contributed by atoms with Crippen molar-refractivity contribution in [2.45, 2.75) is 51.0 Å². The van der Waals surface area contributed by atoms with Crippen LogP contribution < -0.4 is 9.46 Å². The summed E-state index contributed by atoms with van der Waals surface area (Å²) in [5.41, 5.74) is 1.31. The molecule has 0 radical (unpaired) electrons. The molecule has 1 aromatic heterocycles. The molecule has 0 atom stereocenters. The van der Waals surface area contributed by atoms with Gasteiger partial charge in [-0.25, -0.2) is 14.1 Å². The number of methoxy groups -OCH3 is 1. The van der Waals surface area contributed by atoms with Crippen LogP contribution in [0, 0.1) is 5.82 Å². The zero-order valence-electron chi connectivity index (χ0n) is 23.6. The van der Waals surface area contributed by atoms with Crippen LogP contribution in [0.15, 0.2) is 48.5 Å². The summed E-state index contributed by atoms with van der Waals surface area (Å²) in [5.74, 6) is -0.403. The maximum Gasteiger partial charge on any atom is 0.303 e. The van der Waals surface area contributed by atoms with Gasteiger partial charge in [0.05, 0.1) is 19.1 Å². The topological polar surface area (TPSA) is 109 Å². The van der Waals surface area contributed by atoms with Crippen LogP contribution in [0.5, 0.6) is 5.75 Å². The molecule has 1 aliphatic carbocycles. The Kier molecular flexibility index (Phi) is 9.45. The van der Waals surface area contributed by atoms with Crippen molar-refractivity contribution in [1.29, 1.82) is 0 Å². The number of halogens is 1. The molecule has 2 amide bonds. The average Bonchev–Trinajstić information content (AvgIpc) is 3.66. The monoisotopic (exact) mass is 602 g/mol. The Labute approximate surface area is 244 Å². The van der Waals surface area contributed by atoms with Gasteiger partial charge in [-0.2, -0.15) is 12.7 Å². The van der Waals surface area contributed by atoms with E-state index < -0.39 is 21.5 Å². The van der Waals surface area contributed by atoms with Gasteiger partial charge in [0, 0.05) is 25.5 Å². The highest BCUT2D eigenvalue weighted by molar-refractivity contribution is 7.87. The summed E-state index contributed by atoms with van der Waals surface area (Å²) in [4.78, 5) is 33.8. The minimum Gasteiger partial charge on any atom is -0.497 e. The average molecular weight is 603 g/mol. The van der Waals surface area contributed by atoms with E-state index in [0.717, 1.165) is 28.3 Å². The van der Waals surface area contributed by atoms with Crippen molar-refractivity contribution >= 4 is 33.4 Å². The molecule has 2 aromatic carbocycles. The number of nitrogens with one attached hydrogen (secondary N) is 1. The first kappa shape index (κ1) is 30.6. The van der Waals surface area contributed by atoms with Crippen LogP contribution in [0.25, 0.3) is 0 Å². The number of rotatable bonds is 13. The minimum absolute atomic E-state index is 0.0174. The van der Waals surface area contributed by atoms with Crippen LogP contribution in [-0.2, 0) is 39.8 Å². The fraction of sp³-hybridized carbons (Fsp3) is 0.414. The Morgan fingerprint density at radius 2 is 1.76 bits per heavy atom. The zero-order chi connectivity index (χ0) is 29.8. The molecule has 0 unspecified atom stereocenters. The van der Waals surface area contributed by atoms with Crippen molar-refractivity contribution in [1.82, 2.24) is 18.9 Å². The lowest BCUT2D eigenvalue weighted by Crippen LogP contribution is -2.40. The quantitative estimate of drug-likeness (QED) is 0.316. The Morgan fingerprint density at radius 1 is 1.10 bits per heavy atom. The van der Waals surface area contributed by atoms with E-state index in [1.807, 2.05) is 35.9 Å². The highest BCUT2D eigenvalue weighted by atomic mass is 32.2. The molecule has 0 aliphatic heterocycles. The first-order chi connectivity index (χ1) is 19.5. The summed E-state index contributed by atoms with van der Waals surface area (Å²) in [6.45, 7) is 2.49. The summed E-state index contributed by atoms with van der Waals surface area (Å²) in [6, 6.07) is 13.9. The van der Waals surface area contributed by atoms with Crippen LogP contribution in [0.2, 0.25) is 0 Å². The smallest absolute Gasteiger partial charge is 0.303 e. The van der Waals surface area contributed by atoms with Gasteiger partial charge in [0.2, 0.25) is 5.91 Å². The lowest BCUT2D eigenvalue weighted by atomic mass is 9.94. The van der Waals surface area contributed by atoms with E-state index in [2.05, 4.69) is 4.98 Å². The second kappa shape index (κ2) is 12.7. The Morgan fingerprint density at radius 3 is 2.32 bits per heavy atom. The second-order valence-corrected chi connectivity index (χ2v) is 13.3. The molecule has 41 heavy (non-hydrogen) atoms. The lowest BCUT2D eigenvalue weighted by molar-refractivity contribution is -0.134. The third-order valence-corrected chi connectivity index (χ3v) is 9.79. The molecule has 220 valence electrons. The minimum atomic E-state index is -3.98. The summed E-state index contributed by atoms with van der Waals surface area (Å²) in [5, 5.41) is 0.551. The van der Waals surface area contributed by atoms with Gasteiger partial charge < -0.3 is 9.64 Å². The second-order valence-electron chi connectivity index (χ2n) is 10.2. The number of aryl methyl sites for hydroxylation is 2. The number of amides is 2. The van der Waals surface area contributed by atoms with Crippen LogP contribution in [0.4, 0.5) is 4.39 Å². The van der Waals surface area contributed by atoms with Crippen molar-refractivity contribution < 1.29 is 27.1 Å². The summed E-state index contributed by atoms with van der Waals surface area (Å²) in [7, 11) is 0.268. The van der Waals surface area contributed by atoms with Gasteiger partial charge in [-0.15, -0.1) is 11.3 Å². The van der Waals surface area contributed by atoms with Crippen LogP contribution in [-0.4, -0.2) is 62.2 Å². The van der Waals surface area contributed by atoms with Gasteiger partial charge in [0.25, 0.3) is 5.91 Å². The van der Waals surface area contributed by atoms with Gasteiger partial charge in [0.1, 0.15) is 22.3 Å². The molecule has 0 spiro atoms. The van der Waals surface area contributed by atoms with Crippen LogP contribution in [0.1, 0.15) is 57.7 Å². The Balaban J connectivity index is 1.58. The molecule has 0 bridgehead atoms. The fourth-order valence-electron chi connectivity index (χ4n) is 4.65. The van der Waals surface area contributed by atoms with Gasteiger partial charge in [-0.1, -0.05) is 31.2 Å². The molecule has 9 nitrogen and oxygen atoms in total. The molecule has 1 saturated carbocycles. The van der Waals surface area contributed by atoms with E-state index in [1.165, 1.54) is 37.6 Å². The molecule has 3 aromatic rings. The number of benzene rings is 2. The van der Waals surface area contributed by atoms with Crippen molar-refractivity contribution in [3.63, 3.8) is 0 Å². The molecule has 1 heterocycles. The first-order valence-electron chi connectivity index (χ1n) is 13.4. The highest BCUT2D eigenvalue weighted by Crippen LogP contribution is 2.50. The maximum absolute atomic E-state index is 14.1. The van der Waals surface area contributed by atoms with E-state index in [-0.39, 0.29) is 24.0 Å². The molecule has 1 fully saturated rings. The zero-order valence-corrected chi connectivity index (χ0v) is 25.3. The molecule has 0 saturated heterocycles. The summed E-state index contributed by atoms with van der Waals surface area (Å²) >= 11 is 1.30. The standard InChI is InChI=1S/C29H35FN4O5S2/c1-5-24-26(27(35)32-41(37,38)33(2)3)31-25(40-24)19-34(18-6-7-20-8-12-22(30)13-9-20)28(36)29(16-17-29)21-10-14-23(39-4)15-11-21/h8-15H,5-7,16-19H2,1-4H3,(H,32,35). The number of hydrogen-bond acceptors (Lipinski definition) is 7. The van der Waals surface area contributed by atoms with E-state index >= 15 is 0 Å². The van der Waals surface area contributed by atoms with E-state index in [4.69, 9.17) is 4.74 Å². The van der Waals surface area contributed by atoms with Crippen molar-refractivity contribution in [2.75, 3.05) is 27.7 Å². The SMILES string of the molecule is CCc1sc(CN(CCCc2ccc(F)cc2)C(=O)C2(c3ccc(OC)cc3)CC2)nc1C(=O)NS(=O)(=O)N(C)C. The number of hydrogen-bond donors (Lipinski definition) is 1. The van der Waals surface area contributed by atoms with Crippen molar-refractivity contribution in [3.8, 4) is 5.75 Å². The number of carbonyl (C=O) groups is 2. The number of aromatic nitrogens is 1. The van der Waals surface area contributed by atoms with E-state index in [1.54, 1.807) is 24.1 Å². The highest BCUT2D eigenvalue weighted by Gasteiger charge is 2.53. The van der Waals surface area contributed by atoms with Crippen LogP contribution >= 0.6 is 11.3 Å². The molecule has 12 heteroatoms. The number of carbonyl (C=O) groups excluding carboxylic acids is 2. The predicted octanol–water partition coefficient (Wildman–Crippen LogP) is 4.08. The number of thiazole rings is 1. The van der Waals surface area contributed by atoms with Gasteiger partial charge in [-0.3, -0.25) is 9.59 Å². The Hall–Kier alpha value is -3.35. The van der Waals surface area contributed by atoms with Gasteiger partial charge >= 0.3 is 10.2 Å². The van der Waals surface area contributed by atoms with E-state index in [9.17, 15) is 22.4 Å². The molecule has 1 N–H and O–H groups in total. The summed E-state index contributed by atoms with van der Waals surface area (Å²) < 4.78 is 46.0. The normalized spacial score (nSPS) is 14.1. The van der Waals surface area contributed by atoms with Gasteiger partial charge in [0.15, 0.2) is 0 Å².